The molecule has 96 valence electrons. The molecule has 0 amide bonds. The summed E-state index contributed by atoms with van der Waals surface area (Å²) in [6.07, 6.45) is 0. The molecule has 0 saturated carbocycles. The highest BCUT2D eigenvalue weighted by Gasteiger charge is 2.00. The molecule has 0 saturated heterocycles. The summed E-state index contributed by atoms with van der Waals surface area (Å²) in [5, 5.41) is 0. The standard InChI is InChI=1S/C9H12OS.C6H7N/c1-6-4-8(10-3)5-7(2)9(6)11;7-6-4-2-1-3-5-6/h4-5,11H,1-3H3;1-5H,7H2. The minimum Gasteiger partial charge on any atom is -0.497 e. The van der Waals surface area contributed by atoms with Crippen LogP contribution in [0, 0.1) is 13.8 Å². The van der Waals surface area contributed by atoms with E-state index in [1.165, 1.54) is 0 Å². The number of anilines is 1. The van der Waals surface area contributed by atoms with Crippen LogP contribution in [0.3, 0.4) is 0 Å². The van der Waals surface area contributed by atoms with Gasteiger partial charge < -0.3 is 10.5 Å². The van der Waals surface area contributed by atoms with E-state index in [2.05, 4.69) is 12.6 Å². The number of benzene rings is 2. The van der Waals surface area contributed by atoms with Crippen molar-refractivity contribution in [1.82, 2.24) is 0 Å². The molecule has 2 nitrogen and oxygen atoms in total. The molecule has 0 aromatic heterocycles. The minimum atomic E-state index is 0.822. The van der Waals surface area contributed by atoms with Gasteiger partial charge in [-0.05, 0) is 49.2 Å². The van der Waals surface area contributed by atoms with E-state index in [0.29, 0.717) is 0 Å². The first-order valence-electron chi connectivity index (χ1n) is 5.69. The second-order valence-corrected chi connectivity index (χ2v) is 4.47. The molecule has 0 atom stereocenters. The van der Waals surface area contributed by atoms with Crippen LogP contribution in [0.15, 0.2) is 47.4 Å². The van der Waals surface area contributed by atoms with E-state index < -0.39 is 0 Å². The molecule has 2 rings (SSSR count). The van der Waals surface area contributed by atoms with Crippen molar-refractivity contribution in [3.8, 4) is 5.75 Å². The summed E-state index contributed by atoms with van der Waals surface area (Å²) < 4.78 is 5.10. The Hall–Kier alpha value is -1.61. The third-order valence-electron chi connectivity index (χ3n) is 2.50. The molecule has 0 fully saturated rings. The topological polar surface area (TPSA) is 35.2 Å². The van der Waals surface area contributed by atoms with Crippen molar-refractivity contribution in [2.75, 3.05) is 12.8 Å². The van der Waals surface area contributed by atoms with Gasteiger partial charge in [-0.2, -0.15) is 0 Å². The summed E-state index contributed by atoms with van der Waals surface area (Å²) in [5.74, 6) is 0.901. The molecule has 3 heteroatoms. The predicted octanol–water partition coefficient (Wildman–Crippen LogP) is 3.87. The monoisotopic (exact) mass is 261 g/mol. The maximum atomic E-state index is 5.36. The van der Waals surface area contributed by atoms with E-state index in [0.717, 1.165) is 27.5 Å². The Morgan fingerprint density at radius 2 is 1.50 bits per heavy atom. The van der Waals surface area contributed by atoms with Crippen LogP contribution in [-0.2, 0) is 0 Å². The van der Waals surface area contributed by atoms with E-state index in [-0.39, 0.29) is 0 Å². The van der Waals surface area contributed by atoms with Gasteiger partial charge in [0.1, 0.15) is 5.75 Å². The molecule has 0 spiro atoms. The largest absolute Gasteiger partial charge is 0.497 e. The molecule has 0 heterocycles. The number of rotatable bonds is 1. The van der Waals surface area contributed by atoms with Crippen molar-refractivity contribution in [2.24, 2.45) is 0 Å². The maximum Gasteiger partial charge on any atom is 0.119 e. The lowest BCUT2D eigenvalue weighted by Crippen LogP contribution is -1.87. The summed E-state index contributed by atoms with van der Waals surface area (Å²) in [5.41, 5.74) is 8.49. The van der Waals surface area contributed by atoms with Gasteiger partial charge in [-0.3, -0.25) is 0 Å². The van der Waals surface area contributed by atoms with Crippen molar-refractivity contribution >= 4 is 18.3 Å². The van der Waals surface area contributed by atoms with Gasteiger partial charge >= 0.3 is 0 Å². The minimum absolute atomic E-state index is 0.822. The lowest BCUT2D eigenvalue weighted by molar-refractivity contribution is 0.413. The number of thiol groups is 1. The lowest BCUT2D eigenvalue weighted by atomic mass is 10.1. The van der Waals surface area contributed by atoms with Crippen molar-refractivity contribution in [2.45, 2.75) is 18.7 Å². The van der Waals surface area contributed by atoms with Crippen LogP contribution in [-0.4, -0.2) is 7.11 Å². The Morgan fingerprint density at radius 1 is 1.00 bits per heavy atom. The van der Waals surface area contributed by atoms with Crippen molar-refractivity contribution < 1.29 is 4.74 Å². The molecule has 2 aromatic rings. The fourth-order valence-electron chi connectivity index (χ4n) is 1.49. The summed E-state index contributed by atoms with van der Waals surface area (Å²) in [6, 6.07) is 13.5. The summed E-state index contributed by atoms with van der Waals surface area (Å²) in [4.78, 5) is 1.05. The fourth-order valence-corrected chi connectivity index (χ4v) is 1.62. The van der Waals surface area contributed by atoms with Gasteiger partial charge in [0.15, 0.2) is 0 Å². The van der Waals surface area contributed by atoms with Crippen LogP contribution in [0.25, 0.3) is 0 Å². The molecule has 2 aromatic carbocycles. The Kier molecular flexibility index (Phi) is 5.59. The molecule has 2 N–H and O–H groups in total. The van der Waals surface area contributed by atoms with Crippen LogP contribution in [0.4, 0.5) is 5.69 Å². The van der Waals surface area contributed by atoms with Gasteiger partial charge in [0.05, 0.1) is 7.11 Å². The van der Waals surface area contributed by atoms with Gasteiger partial charge in [-0.1, -0.05) is 18.2 Å². The van der Waals surface area contributed by atoms with E-state index in [4.69, 9.17) is 10.5 Å². The second kappa shape index (κ2) is 6.97. The van der Waals surface area contributed by atoms with E-state index in [1.807, 2.05) is 56.3 Å². The van der Waals surface area contributed by atoms with Gasteiger partial charge in [-0.15, -0.1) is 12.6 Å². The van der Waals surface area contributed by atoms with Crippen molar-refractivity contribution in [3.05, 3.63) is 53.6 Å². The van der Waals surface area contributed by atoms with Crippen molar-refractivity contribution in [3.63, 3.8) is 0 Å². The quantitative estimate of drug-likeness (QED) is 0.604. The zero-order chi connectivity index (χ0) is 13.5. The number of methoxy groups -OCH3 is 1. The molecule has 0 aliphatic heterocycles. The highest BCUT2D eigenvalue weighted by Crippen LogP contribution is 2.23. The Balaban J connectivity index is 0.000000199. The lowest BCUT2D eigenvalue weighted by Gasteiger charge is -2.06. The van der Waals surface area contributed by atoms with Gasteiger partial charge in [0.2, 0.25) is 0 Å². The fraction of sp³-hybridized carbons (Fsp3) is 0.200. The second-order valence-electron chi connectivity index (χ2n) is 4.02. The third kappa shape index (κ3) is 4.34. The molecule has 0 bridgehead atoms. The molecule has 0 radical (unpaired) electrons. The zero-order valence-electron chi connectivity index (χ0n) is 11.0. The van der Waals surface area contributed by atoms with Crippen LogP contribution < -0.4 is 10.5 Å². The molecule has 0 aliphatic carbocycles. The number of hydrogen-bond acceptors (Lipinski definition) is 3. The molecule has 0 unspecified atom stereocenters. The molecular weight excluding hydrogens is 242 g/mol. The number of ether oxygens (including phenoxy) is 1. The molecule has 0 aliphatic rings. The normalized spacial score (nSPS) is 9.33. The highest BCUT2D eigenvalue weighted by atomic mass is 32.1. The van der Waals surface area contributed by atoms with Crippen LogP contribution >= 0.6 is 12.6 Å². The average molecular weight is 261 g/mol. The number of hydrogen-bond donors (Lipinski definition) is 2. The van der Waals surface area contributed by atoms with Gasteiger partial charge in [0, 0.05) is 10.6 Å². The summed E-state index contributed by atoms with van der Waals surface area (Å²) in [7, 11) is 1.67. The third-order valence-corrected chi connectivity index (χ3v) is 3.21. The number of nitrogens with two attached hydrogens (primary N) is 1. The number of para-hydroxylation sites is 1. The van der Waals surface area contributed by atoms with Crippen LogP contribution in [0.2, 0.25) is 0 Å². The van der Waals surface area contributed by atoms with Gasteiger partial charge in [-0.25, -0.2) is 0 Å². The van der Waals surface area contributed by atoms with Gasteiger partial charge in [0.25, 0.3) is 0 Å². The smallest absolute Gasteiger partial charge is 0.119 e. The SMILES string of the molecule is COc1cc(C)c(S)c(C)c1.Nc1ccccc1. The Bertz CT molecular complexity index is 474. The number of aryl methyl sites for hydroxylation is 2. The highest BCUT2D eigenvalue weighted by molar-refractivity contribution is 7.80. The Morgan fingerprint density at radius 3 is 1.83 bits per heavy atom. The van der Waals surface area contributed by atoms with Crippen LogP contribution in [0.1, 0.15) is 11.1 Å². The zero-order valence-corrected chi connectivity index (χ0v) is 11.9. The summed E-state index contributed by atoms with van der Waals surface area (Å²) in [6.45, 7) is 4.05. The first-order valence-corrected chi connectivity index (χ1v) is 6.14. The first kappa shape index (κ1) is 14.5. The van der Waals surface area contributed by atoms with E-state index >= 15 is 0 Å². The molecule has 18 heavy (non-hydrogen) atoms. The van der Waals surface area contributed by atoms with Crippen LogP contribution in [0.5, 0.6) is 5.75 Å². The summed E-state index contributed by atoms with van der Waals surface area (Å²) >= 11 is 4.34. The average Bonchev–Trinajstić information content (AvgIpc) is 2.37. The predicted molar refractivity (Wildman–Crippen MR) is 80.6 cm³/mol. The van der Waals surface area contributed by atoms with E-state index in [1.54, 1.807) is 7.11 Å². The number of nitrogen functional groups attached to an aromatic ring is 1. The first-order chi connectivity index (χ1) is 8.54. The molecular formula is C15H19NOS. The maximum absolute atomic E-state index is 5.36. The Labute approximate surface area is 114 Å². The van der Waals surface area contributed by atoms with E-state index in [9.17, 15) is 0 Å². The van der Waals surface area contributed by atoms with Crippen molar-refractivity contribution in [1.29, 1.82) is 0 Å².